The van der Waals surface area contributed by atoms with Crippen molar-refractivity contribution in [2.24, 2.45) is 10.9 Å². The summed E-state index contributed by atoms with van der Waals surface area (Å²) in [4.78, 5) is 0. The number of hydrogen-bond acceptors (Lipinski definition) is 4. The van der Waals surface area contributed by atoms with E-state index < -0.39 is 45.3 Å². The number of halogens is 6. The van der Waals surface area contributed by atoms with Crippen LogP contribution >= 0.6 is 0 Å². The van der Waals surface area contributed by atoms with Gasteiger partial charge in [-0.05, 0) is 5.56 Å². The number of alkyl halides is 6. The first-order valence-electron chi connectivity index (χ1n) is 5.99. The summed E-state index contributed by atoms with van der Waals surface area (Å²) in [6.07, 6.45) is -4.72. The van der Waals surface area contributed by atoms with Crippen molar-refractivity contribution in [3.8, 4) is 0 Å². The van der Waals surface area contributed by atoms with Crippen molar-refractivity contribution in [2.75, 3.05) is 5.75 Å². The summed E-state index contributed by atoms with van der Waals surface area (Å²) in [5, 5.41) is 2.31. The average Bonchev–Trinajstić information content (AvgIpc) is 2.44. The van der Waals surface area contributed by atoms with Crippen LogP contribution in [0.15, 0.2) is 35.4 Å². The Morgan fingerprint density at radius 3 is 2.09 bits per heavy atom. The lowest BCUT2D eigenvalue weighted by atomic mass is 10.1. The number of sulfone groups is 1. The van der Waals surface area contributed by atoms with E-state index in [2.05, 4.69) is 10.9 Å². The molecule has 0 amide bonds. The fourth-order valence-electron chi connectivity index (χ4n) is 1.63. The van der Waals surface area contributed by atoms with Gasteiger partial charge in [0.05, 0.1) is 11.5 Å². The van der Waals surface area contributed by atoms with Crippen molar-refractivity contribution in [1.29, 1.82) is 0 Å². The predicted octanol–water partition coefficient (Wildman–Crippen LogP) is 2.45. The largest absolute Gasteiger partial charge is 0.374 e. The zero-order valence-electron chi connectivity index (χ0n) is 11.4. The van der Waals surface area contributed by atoms with Crippen LogP contribution in [0.25, 0.3) is 0 Å². The van der Waals surface area contributed by atoms with Gasteiger partial charge in [-0.25, -0.2) is 17.2 Å². The summed E-state index contributed by atoms with van der Waals surface area (Å²) in [7, 11) is -4.38. The minimum atomic E-state index is -5.80. The maximum atomic E-state index is 13.5. The van der Waals surface area contributed by atoms with Crippen LogP contribution in [0.1, 0.15) is 5.56 Å². The SMILES string of the molecule is NN=C(CS(=O)(=O)Cc1ccccc1)C(F)(F)C(F)(F)C(F)F. The molecule has 0 fully saturated rings. The molecule has 0 saturated carbocycles. The number of hydrogen-bond donors (Lipinski definition) is 1. The molecule has 0 unspecified atom stereocenters. The normalized spacial score (nSPS) is 14.3. The second kappa shape index (κ2) is 6.77. The highest BCUT2D eigenvalue weighted by atomic mass is 32.2. The van der Waals surface area contributed by atoms with Gasteiger partial charge in [-0.2, -0.15) is 22.7 Å². The van der Waals surface area contributed by atoms with E-state index in [4.69, 9.17) is 0 Å². The molecule has 130 valence electrons. The lowest BCUT2D eigenvalue weighted by Gasteiger charge is -2.26. The molecular formula is C12H12F6N2O2S. The van der Waals surface area contributed by atoms with E-state index in [1.807, 2.05) is 0 Å². The van der Waals surface area contributed by atoms with Gasteiger partial charge in [0, 0.05) is 0 Å². The van der Waals surface area contributed by atoms with Crippen LogP contribution in [0.5, 0.6) is 0 Å². The molecule has 0 saturated heterocycles. The van der Waals surface area contributed by atoms with Gasteiger partial charge in [-0.3, -0.25) is 0 Å². The van der Waals surface area contributed by atoms with Gasteiger partial charge in [0.25, 0.3) is 0 Å². The summed E-state index contributed by atoms with van der Waals surface area (Å²) in [6, 6.07) is 7.25. The van der Waals surface area contributed by atoms with Crippen LogP contribution < -0.4 is 5.84 Å². The molecule has 1 rings (SSSR count). The highest BCUT2D eigenvalue weighted by Crippen LogP contribution is 2.40. The second-order valence-electron chi connectivity index (χ2n) is 4.59. The van der Waals surface area contributed by atoms with E-state index in [0.29, 0.717) is 0 Å². The Labute approximate surface area is 127 Å². The molecule has 0 heterocycles. The highest BCUT2D eigenvalue weighted by Gasteiger charge is 2.66. The first kappa shape index (κ1) is 19.3. The third kappa shape index (κ3) is 4.36. The number of benzene rings is 1. The Morgan fingerprint density at radius 2 is 1.65 bits per heavy atom. The Hall–Kier alpha value is -1.78. The fourth-order valence-corrected chi connectivity index (χ4v) is 3.10. The van der Waals surface area contributed by atoms with Crippen LogP contribution in [0, 0.1) is 0 Å². The molecule has 0 aliphatic carbocycles. The van der Waals surface area contributed by atoms with Crippen LogP contribution in [-0.2, 0) is 15.6 Å². The third-order valence-corrected chi connectivity index (χ3v) is 4.28. The van der Waals surface area contributed by atoms with E-state index in [1.54, 1.807) is 6.07 Å². The fraction of sp³-hybridized carbons (Fsp3) is 0.417. The van der Waals surface area contributed by atoms with E-state index in [9.17, 15) is 34.8 Å². The molecule has 11 heteroatoms. The first-order chi connectivity index (χ1) is 10.4. The molecule has 0 aromatic heterocycles. The average molecular weight is 362 g/mol. The molecule has 2 N–H and O–H groups in total. The molecule has 23 heavy (non-hydrogen) atoms. The van der Waals surface area contributed by atoms with Crippen molar-refractivity contribution in [3.63, 3.8) is 0 Å². The molecule has 1 aromatic carbocycles. The summed E-state index contributed by atoms with van der Waals surface area (Å²) in [5.74, 6) is -9.21. The second-order valence-corrected chi connectivity index (χ2v) is 6.66. The molecule has 0 radical (unpaired) electrons. The highest BCUT2D eigenvalue weighted by molar-refractivity contribution is 7.91. The predicted molar refractivity (Wildman–Crippen MR) is 71.5 cm³/mol. The van der Waals surface area contributed by atoms with E-state index in [1.165, 1.54) is 24.3 Å². The third-order valence-electron chi connectivity index (χ3n) is 2.80. The molecular weight excluding hydrogens is 350 g/mol. The Kier molecular flexibility index (Phi) is 5.67. The smallest absolute Gasteiger partial charge is 0.323 e. The summed E-state index contributed by atoms with van der Waals surface area (Å²) >= 11 is 0. The zero-order valence-corrected chi connectivity index (χ0v) is 12.2. The number of nitrogens with two attached hydrogens (primary N) is 1. The topological polar surface area (TPSA) is 72.5 Å². The molecule has 0 spiro atoms. The molecule has 0 aliphatic rings. The van der Waals surface area contributed by atoms with Gasteiger partial charge in [0.2, 0.25) is 0 Å². The Balaban J connectivity index is 3.04. The Bertz CT molecular complexity index is 661. The quantitative estimate of drug-likeness (QED) is 0.351. The van der Waals surface area contributed by atoms with Crippen molar-refractivity contribution < 1.29 is 34.8 Å². The van der Waals surface area contributed by atoms with Crippen LogP contribution in [-0.4, -0.2) is 38.2 Å². The minimum Gasteiger partial charge on any atom is -0.323 e. The van der Waals surface area contributed by atoms with E-state index >= 15 is 0 Å². The summed E-state index contributed by atoms with van der Waals surface area (Å²) < 4.78 is 101. The van der Waals surface area contributed by atoms with Crippen LogP contribution in [0.2, 0.25) is 0 Å². The molecule has 0 bridgehead atoms. The number of hydrazone groups is 1. The minimum absolute atomic E-state index is 0.202. The van der Waals surface area contributed by atoms with Crippen LogP contribution in [0.4, 0.5) is 26.3 Å². The molecule has 1 aromatic rings. The van der Waals surface area contributed by atoms with E-state index in [0.717, 1.165) is 0 Å². The summed E-state index contributed by atoms with van der Waals surface area (Å²) in [5.41, 5.74) is -1.83. The van der Waals surface area contributed by atoms with Gasteiger partial charge >= 0.3 is 18.3 Å². The van der Waals surface area contributed by atoms with Gasteiger partial charge in [-0.15, -0.1) is 0 Å². The van der Waals surface area contributed by atoms with Crippen molar-refractivity contribution in [1.82, 2.24) is 0 Å². The van der Waals surface area contributed by atoms with Crippen molar-refractivity contribution >= 4 is 15.5 Å². The van der Waals surface area contributed by atoms with Crippen molar-refractivity contribution in [2.45, 2.75) is 24.0 Å². The van der Waals surface area contributed by atoms with Crippen molar-refractivity contribution in [3.05, 3.63) is 35.9 Å². The number of nitrogens with zero attached hydrogens (tertiary/aromatic N) is 1. The molecule has 0 atom stereocenters. The van der Waals surface area contributed by atoms with Gasteiger partial charge in [0.1, 0.15) is 5.71 Å². The van der Waals surface area contributed by atoms with Gasteiger partial charge < -0.3 is 5.84 Å². The van der Waals surface area contributed by atoms with Crippen LogP contribution in [0.3, 0.4) is 0 Å². The molecule has 4 nitrogen and oxygen atoms in total. The lowest BCUT2D eigenvalue weighted by molar-refractivity contribution is -0.232. The van der Waals surface area contributed by atoms with Gasteiger partial charge in [-0.1, -0.05) is 30.3 Å². The zero-order chi connectivity index (χ0) is 17.9. The Morgan fingerprint density at radius 1 is 1.13 bits per heavy atom. The first-order valence-corrected chi connectivity index (χ1v) is 7.81. The molecule has 0 aliphatic heterocycles. The maximum Gasteiger partial charge on any atom is 0.374 e. The van der Waals surface area contributed by atoms with E-state index in [-0.39, 0.29) is 5.56 Å². The standard InChI is InChI=1S/C12H12F6N2O2S/c13-10(14)12(17,18)11(15,16)9(20-19)7-23(21,22)6-8-4-2-1-3-5-8/h1-5,10H,6-7,19H2. The summed E-state index contributed by atoms with van der Waals surface area (Å²) in [6.45, 7) is 0. The lowest BCUT2D eigenvalue weighted by Crippen LogP contribution is -2.53. The monoisotopic (exact) mass is 362 g/mol. The number of rotatable bonds is 7. The van der Waals surface area contributed by atoms with Gasteiger partial charge in [0.15, 0.2) is 9.84 Å². The maximum absolute atomic E-state index is 13.5.